The van der Waals surface area contributed by atoms with E-state index in [1.54, 1.807) is 24.1 Å². The Bertz CT molecular complexity index is 1130. The fourth-order valence-electron chi connectivity index (χ4n) is 3.15. The third-order valence-electron chi connectivity index (χ3n) is 4.74. The van der Waals surface area contributed by atoms with Crippen LogP contribution in [0.4, 0.5) is 0 Å². The molecule has 0 N–H and O–H groups in total. The first kappa shape index (κ1) is 18.8. The van der Waals surface area contributed by atoms with Crippen molar-refractivity contribution in [3.63, 3.8) is 0 Å². The summed E-state index contributed by atoms with van der Waals surface area (Å²) in [5.41, 5.74) is 0.842. The molecule has 0 fully saturated rings. The average molecular weight is 389 g/mol. The topological polar surface area (TPSA) is 60.5 Å². The summed E-state index contributed by atoms with van der Waals surface area (Å²) < 4.78 is 13.4. The van der Waals surface area contributed by atoms with Crippen LogP contribution in [0.1, 0.15) is 28.9 Å². The molecule has 6 heteroatoms. The summed E-state index contributed by atoms with van der Waals surface area (Å²) in [6, 6.07) is 19.4. The van der Waals surface area contributed by atoms with Gasteiger partial charge in [0.15, 0.2) is 5.76 Å². The molecule has 0 radical (unpaired) electrons. The first-order chi connectivity index (χ1) is 14.1. The van der Waals surface area contributed by atoms with Gasteiger partial charge in [-0.25, -0.2) is 0 Å². The van der Waals surface area contributed by atoms with Gasteiger partial charge in [0, 0.05) is 19.8 Å². The number of benzene rings is 2. The highest BCUT2D eigenvalue weighted by Crippen LogP contribution is 2.22. The molecule has 0 unspecified atom stereocenters. The molecule has 0 saturated carbocycles. The van der Waals surface area contributed by atoms with Gasteiger partial charge in [0.2, 0.25) is 0 Å². The summed E-state index contributed by atoms with van der Waals surface area (Å²) in [6.45, 7) is 3.51. The zero-order valence-electron chi connectivity index (χ0n) is 16.5. The number of rotatable bonds is 7. The predicted octanol–water partition coefficient (Wildman–Crippen LogP) is 4.50. The molecule has 1 amide bonds. The fraction of sp³-hybridized carbons (Fsp3) is 0.217. The van der Waals surface area contributed by atoms with Crippen molar-refractivity contribution in [1.29, 1.82) is 0 Å². The van der Waals surface area contributed by atoms with Crippen LogP contribution in [-0.2, 0) is 19.7 Å². The van der Waals surface area contributed by atoms with Crippen molar-refractivity contribution in [2.75, 3.05) is 7.05 Å². The molecule has 6 nitrogen and oxygen atoms in total. The molecule has 0 saturated heterocycles. The van der Waals surface area contributed by atoms with Crippen LogP contribution < -0.4 is 4.74 Å². The Morgan fingerprint density at radius 1 is 1.10 bits per heavy atom. The van der Waals surface area contributed by atoms with Crippen LogP contribution in [0.5, 0.6) is 5.75 Å². The highest BCUT2D eigenvalue weighted by Gasteiger charge is 2.17. The van der Waals surface area contributed by atoms with Gasteiger partial charge in [0.25, 0.3) is 5.91 Å². The molecule has 0 bridgehead atoms. The summed E-state index contributed by atoms with van der Waals surface area (Å²) >= 11 is 0. The number of aromatic nitrogens is 2. The van der Waals surface area contributed by atoms with Crippen molar-refractivity contribution in [1.82, 2.24) is 14.7 Å². The molecule has 0 atom stereocenters. The van der Waals surface area contributed by atoms with Gasteiger partial charge in [0.1, 0.15) is 18.1 Å². The number of fused-ring (bicyclic) bond motifs is 1. The minimum Gasteiger partial charge on any atom is -0.486 e. The SMILES string of the molecule is CCn1ccc(CN(C)C(=O)c2ccc(COc3ccc4ccccc4c3)o2)n1. The summed E-state index contributed by atoms with van der Waals surface area (Å²) in [5.74, 6) is 1.47. The number of carbonyl (C=O) groups excluding carboxylic acids is 1. The maximum atomic E-state index is 12.6. The number of ether oxygens (including phenoxy) is 1. The third-order valence-corrected chi connectivity index (χ3v) is 4.74. The smallest absolute Gasteiger partial charge is 0.289 e. The first-order valence-corrected chi connectivity index (χ1v) is 9.60. The predicted molar refractivity (Wildman–Crippen MR) is 111 cm³/mol. The van der Waals surface area contributed by atoms with Crippen molar-refractivity contribution in [3.8, 4) is 5.75 Å². The van der Waals surface area contributed by atoms with Gasteiger partial charge in [-0.1, -0.05) is 30.3 Å². The molecular formula is C23H23N3O3. The van der Waals surface area contributed by atoms with E-state index in [4.69, 9.17) is 9.15 Å². The standard InChI is InChI=1S/C23H23N3O3/c1-3-26-13-12-19(24-26)15-25(2)23(27)22-11-10-21(29-22)16-28-20-9-8-17-6-4-5-7-18(17)14-20/h4-14H,3,15-16H2,1-2H3. The van der Waals surface area contributed by atoms with E-state index in [-0.39, 0.29) is 12.5 Å². The van der Waals surface area contributed by atoms with Crippen LogP contribution in [0, 0.1) is 0 Å². The Morgan fingerprint density at radius 2 is 1.93 bits per heavy atom. The van der Waals surface area contributed by atoms with E-state index in [9.17, 15) is 4.79 Å². The van der Waals surface area contributed by atoms with E-state index in [1.165, 1.54) is 0 Å². The molecule has 4 aromatic rings. The van der Waals surface area contributed by atoms with Gasteiger partial charge >= 0.3 is 0 Å². The average Bonchev–Trinajstić information content (AvgIpc) is 3.41. The second kappa shape index (κ2) is 8.22. The second-order valence-electron chi connectivity index (χ2n) is 6.89. The minimum absolute atomic E-state index is 0.187. The van der Waals surface area contributed by atoms with Crippen LogP contribution in [0.3, 0.4) is 0 Å². The summed E-state index contributed by atoms with van der Waals surface area (Å²) in [6.07, 6.45) is 1.91. The monoisotopic (exact) mass is 389 g/mol. The van der Waals surface area contributed by atoms with Gasteiger partial charge in [-0.05, 0) is 48.0 Å². The highest BCUT2D eigenvalue weighted by molar-refractivity contribution is 5.91. The van der Waals surface area contributed by atoms with E-state index in [0.717, 1.165) is 28.8 Å². The first-order valence-electron chi connectivity index (χ1n) is 9.60. The molecule has 29 heavy (non-hydrogen) atoms. The molecule has 0 spiro atoms. The number of amides is 1. The normalized spacial score (nSPS) is 11.0. The quantitative estimate of drug-likeness (QED) is 0.467. The van der Waals surface area contributed by atoms with E-state index in [2.05, 4.69) is 11.2 Å². The molecule has 2 aromatic heterocycles. The third kappa shape index (κ3) is 4.32. The second-order valence-corrected chi connectivity index (χ2v) is 6.89. The maximum Gasteiger partial charge on any atom is 0.289 e. The number of furan rings is 1. The van der Waals surface area contributed by atoms with Crippen LogP contribution in [0.15, 0.2) is 71.3 Å². The lowest BCUT2D eigenvalue weighted by Crippen LogP contribution is -2.26. The van der Waals surface area contributed by atoms with E-state index < -0.39 is 0 Å². The molecule has 0 aliphatic carbocycles. The molecule has 2 heterocycles. The van der Waals surface area contributed by atoms with Crippen molar-refractivity contribution in [3.05, 3.63) is 84.1 Å². The van der Waals surface area contributed by atoms with E-state index in [0.29, 0.717) is 18.1 Å². The van der Waals surface area contributed by atoms with Gasteiger partial charge in [-0.15, -0.1) is 0 Å². The number of hydrogen-bond acceptors (Lipinski definition) is 4. The largest absolute Gasteiger partial charge is 0.486 e. The lowest BCUT2D eigenvalue weighted by atomic mass is 10.1. The maximum absolute atomic E-state index is 12.6. The van der Waals surface area contributed by atoms with E-state index >= 15 is 0 Å². The molecule has 0 aliphatic rings. The van der Waals surface area contributed by atoms with Gasteiger partial charge in [-0.2, -0.15) is 5.10 Å². The Kier molecular flexibility index (Phi) is 5.33. The Hall–Kier alpha value is -3.54. The molecule has 0 aliphatic heterocycles. The van der Waals surface area contributed by atoms with Gasteiger partial charge < -0.3 is 14.1 Å². The molecule has 148 valence electrons. The van der Waals surface area contributed by atoms with Crippen LogP contribution in [0.25, 0.3) is 10.8 Å². The van der Waals surface area contributed by atoms with Crippen molar-refractivity contribution < 1.29 is 13.9 Å². The van der Waals surface area contributed by atoms with Crippen molar-refractivity contribution in [2.45, 2.75) is 26.6 Å². The van der Waals surface area contributed by atoms with Crippen LogP contribution in [0.2, 0.25) is 0 Å². The van der Waals surface area contributed by atoms with Gasteiger partial charge in [-0.3, -0.25) is 9.48 Å². The minimum atomic E-state index is -0.187. The lowest BCUT2D eigenvalue weighted by molar-refractivity contribution is 0.0747. The zero-order chi connectivity index (χ0) is 20.2. The summed E-state index contributed by atoms with van der Waals surface area (Å²) in [7, 11) is 1.74. The summed E-state index contributed by atoms with van der Waals surface area (Å²) in [4.78, 5) is 14.2. The lowest BCUT2D eigenvalue weighted by Gasteiger charge is -2.14. The van der Waals surface area contributed by atoms with Crippen LogP contribution in [-0.4, -0.2) is 27.6 Å². The van der Waals surface area contributed by atoms with Gasteiger partial charge in [0.05, 0.1) is 12.2 Å². The number of nitrogens with zero attached hydrogens (tertiary/aromatic N) is 3. The molecule has 2 aromatic carbocycles. The number of carbonyl (C=O) groups is 1. The Labute approximate surface area is 169 Å². The Balaban J connectivity index is 1.37. The van der Waals surface area contributed by atoms with E-state index in [1.807, 2.05) is 60.3 Å². The van der Waals surface area contributed by atoms with Crippen molar-refractivity contribution >= 4 is 16.7 Å². The fourth-order valence-corrected chi connectivity index (χ4v) is 3.15. The zero-order valence-corrected chi connectivity index (χ0v) is 16.5. The molecular weight excluding hydrogens is 366 g/mol. The summed E-state index contributed by atoms with van der Waals surface area (Å²) in [5, 5.41) is 6.69. The Morgan fingerprint density at radius 3 is 2.72 bits per heavy atom. The highest BCUT2D eigenvalue weighted by atomic mass is 16.5. The van der Waals surface area contributed by atoms with Crippen LogP contribution >= 0.6 is 0 Å². The van der Waals surface area contributed by atoms with Crippen molar-refractivity contribution in [2.24, 2.45) is 0 Å². The number of aryl methyl sites for hydroxylation is 1. The molecule has 4 rings (SSSR count). The number of hydrogen-bond donors (Lipinski definition) is 0.